The van der Waals surface area contributed by atoms with Crippen molar-refractivity contribution in [1.29, 1.82) is 0 Å². The van der Waals surface area contributed by atoms with Gasteiger partial charge < -0.3 is 4.74 Å². The Labute approximate surface area is 49.1 Å². The van der Waals surface area contributed by atoms with Crippen LogP contribution >= 0.6 is 0 Å². The molecule has 0 heterocycles. The van der Waals surface area contributed by atoms with Crippen LogP contribution in [0, 0.1) is 0 Å². The minimum Gasteiger partial charge on any atom is -0.377 e. The van der Waals surface area contributed by atoms with Crippen molar-refractivity contribution in [3.05, 3.63) is 0 Å². The molecule has 0 bridgehead atoms. The van der Waals surface area contributed by atoms with Gasteiger partial charge in [0.2, 0.25) is 0 Å². The first kappa shape index (κ1) is 7.30. The molecule has 0 saturated heterocycles. The minimum absolute atomic E-state index is 0.444. The van der Waals surface area contributed by atoms with Gasteiger partial charge >= 0.3 is 0 Å². The zero-order valence-electron chi connectivity index (χ0n) is 5.22. The minimum atomic E-state index is 0.444. The van der Waals surface area contributed by atoms with Crippen LogP contribution in [0.25, 0.3) is 0 Å². The molecule has 3 nitrogen and oxygen atoms in total. The van der Waals surface area contributed by atoms with E-state index in [9.17, 15) is 0 Å². The Balaban J connectivity index is 3.54. The van der Waals surface area contributed by atoms with E-state index in [1.165, 1.54) is 0 Å². The molecule has 3 heteroatoms. The number of hydrogen-bond donors (Lipinski definition) is 0. The van der Waals surface area contributed by atoms with Gasteiger partial charge in [0.05, 0.1) is 0 Å². The Morgan fingerprint density at radius 3 is 2.50 bits per heavy atom. The lowest BCUT2D eigenvalue weighted by Gasteiger charge is -1.93. The summed E-state index contributed by atoms with van der Waals surface area (Å²) in [4.78, 5) is 7.33. The molecule has 46 valence electrons. The number of methoxy groups -OCH3 is 1. The Kier molecular flexibility index (Phi) is 4.07. The van der Waals surface area contributed by atoms with Gasteiger partial charge in [0.1, 0.15) is 12.4 Å². The third-order valence-corrected chi connectivity index (χ3v) is 0.714. The van der Waals surface area contributed by atoms with Crippen molar-refractivity contribution in [2.75, 3.05) is 20.8 Å². The summed E-state index contributed by atoms with van der Waals surface area (Å²) in [7, 11) is 3.25. The lowest BCUT2D eigenvalue weighted by atomic mass is 10.6. The number of amidine groups is 1. The summed E-state index contributed by atoms with van der Waals surface area (Å²) >= 11 is 0. The first-order valence-corrected chi connectivity index (χ1v) is 2.26. The van der Waals surface area contributed by atoms with Crippen LogP contribution in [-0.4, -0.2) is 33.3 Å². The van der Waals surface area contributed by atoms with Gasteiger partial charge in [0, 0.05) is 14.2 Å². The van der Waals surface area contributed by atoms with Gasteiger partial charge in [-0.05, 0) is 6.72 Å². The van der Waals surface area contributed by atoms with Crippen LogP contribution < -0.4 is 0 Å². The smallest absolute Gasteiger partial charge is 0.148 e. The molecule has 0 atom stereocenters. The predicted octanol–water partition coefficient (Wildman–Crippen LogP) is 0.362. The van der Waals surface area contributed by atoms with Gasteiger partial charge in [-0.1, -0.05) is 0 Å². The van der Waals surface area contributed by atoms with Crippen molar-refractivity contribution in [3.8, 4) is 0 Å². The predicted molar refractivity (Wildman–Crippen MR) is 34.8 cm³/mol. The highest BCUT2D eigenvalue weighted by molar-refractivity contribution is 5.87. The standard InChI is InChI=1S/C5H10N2O/c1-6-5(7-2)4-8-3/h1,4H2,2-3H3/b7-5-. The lowest BCUT2D eigenvalue weighted by Crippen LogP contribution is -2.02. The second-order valence-corrected chi connectivity index (χ2v) is 1.23. The van der Waals surface area contributed by atoms with Gasteiger partial charge in [-0.25, -0.2) is 4.99 Å². The summed E-state index contributed by atoms with van der Waals surface area (Å²) < 4.78 is 4.72. The molecule has 0 aromatic heterocycles. The van der Waals surface area contributed by atoms with Crippen LogP contribution in [0.1, 0.15) is 0 Å². The summed E-state index contributed by atoms with van der Waals surface area (Å²) in [6, 6.07) is 0. The highest BCUT2D eigenvalue weighted by Crippen LogP contribution is 1.77. The summed E-state index contributed by atoms with van der Waals surface area (Å²) in [6.07, 6.45) is 0. The maximum Gasteiger partial charge on any atom is 0.148 e. The third-order valence-electron chi connectivity index (χ3n) is 0.714. The summed E-state index contributed by atoms with van der Waals surface area (Å²) in [5, 5.41) is 0. The van der Waals surface area contributed by atoms with Crippen molar-refractivity contribution in [2.24, 2.45) is 9.98 Å². The van der Waals surface area contributed by atoms with E-state index < -0.39 is 0 Å². The van der Waals surface area contributed by atoms with Gasteiger partial charge in [-0.3, -0.25) is 4.99 Å². The molecule has 0 aliphatic heterocycles. The Morgan fingerprint density at radius 2 is 2.38 bits per heavy atom. The molecule has 0 radical (unpaired) electrons. The Morgan fingerprint density at radius 1 is 1.75 bits per heavy atom. The SMILES string of the molecule is C=N/C(COC)=N\C. The molecule has 8 heavy (non-hydrogen) atoms. The van der Waals surface area contributed by atoms with E-state index in [2.05, 4.69) is 16.7 Å². The highest BCUT2D eigenvalue weighted by atomic mass is 16.5. The highest BCUT2D eigenvalue weighted by Gasteiger charge is 1.87. The van der Waals surface area contributed by atoms with E-state index in [1.54, 1.807) is 14.2 Å². The van der Waals surface area contributed by atoms with Gasteiger partial charge in [0.25, 0.3) is 0 Å². The molecule has 0 rings (SSSR count). The molecule has 0 spiro atoms. The van der Waals surface area contributed by atoms with Crippen LogP contribution in [0.5, 0.6) is 0 Å². The molecule has 0 aliphatic rings. The Bertz CT molecular complexity index is 98.6. The van der Waals surface area contributed by atoms with Crippen LogP contribution in [0.4, 0.5) is 0 Å². The van der Waals surface area contributed by atoms with Crippen LogP contribution in [0.3, 0.4) is 0 Å². The molecule has 0 fully saturated rings. The van der Waals surface area contributed by atoms with E-state index >= 15 is 0 Å². The molecule has 0 saturated carbocycles. The molecule has 0 aromatic rings. The third kappa shape index (κ3) is 2.47. The van der Waals surface area contributed by atoms with Crippen LogP contribution in [-0.2, 0) is 4.74 Å². The molecule has 0 aliphatic carbocycles. The zero-order valence-corrected chi connectivity index (χ0v) is 5.22. The van der Waals surface area contributed by atoms with Crippen molar-refractivity contribution in [2.45, 2.75) is 0 Å². The average molecular weight is 114 g/mol. The molecular weight excluding hydrogens is 104 g/mol. The van der Waals surface area contributed by atoms with Gasteiger partial charge in [0.15, 0.2) is 0 Å². The fourth-order valence-corrected chi connectivity index (χ4v) is 0.310. The molecular formula is C5H10N2O. The summed E-state index contributed by atoms with van der Waals surface area (Å²) in [6.45, 7) is 3.73. The fourth-order valence-electron chi connectivity index (χ4n) is 0.310. The largest absolute Gasteiger partial charge is 0.377 e. The lowest BCUT2D eigenvalue weighted by molar-refractivity contribution is 0.244. The van der Waals surface area contributed by atoms with Gasteiger partial charge in [-0.2, -0.15) is 0 Å². The second kappa shape index (κ2) is 4.46. The first-order valence-electron chi connectivity index (χ1n) is 2.26. The van der Waals surface area contributed by atoms with Crippen molar-refractivity contribution in [3.63, 3.8) is 0 Å². The molecule has 0 amide bonds. The number of aliphatic imine (C=N–C) groups is 2. The maximum atomic E-state index is 4.72. The van der Waals surface area contributed by atoms with E-state index in [0.717, 1.165) is 0 Å². The van der Waals surface area contributed by atoms with E-state index in [1.807, 2.05) is 0 Å². The number of ether oxygens (including phenoxy) is 1. The second-order valence-electron chi connectivity index (χ2n) is 1.23. The summed E-state index contributed by atoms with van der Waals surface area (Å²) in [5.74, 6) is 0.632. The maximum absolute atomic E-state index is 4.72. The van der Waals surface area contributed by atoms with Crippen molar-refractivity contribution >= 4 is 12.6 Å². The normalized spacial score (nSPS) is 11.5. The van der Waals surface area contributed by atoms with Crippen LogP contribution in [0.15, 0.2) is 9.98 Å². The van der Waals surface area contributed by atoms with Crippen molar-refractivity contribution < 1.29 is 4.74 Å². The van der Waals surface area contributed by atoms with Crippen molar-refractivity contribution in [1.82, 2.24) is 0 Å². The molecule has 0 unspecified atom stereocenters. The quantitative estimate of drug-likeness (QED) is 0.377. The summed E-state index contributed by atoms with van der Waals surface area (Å²) in [5.41, 5.74) is 0. The number of hydrogen-bond acceptors (Lipinski definition) is 2. The number of rotatable bonds is 2. The fraction of sp³-hybridized carbons (Fsp3) is 0.600. The van der Waals surface area contributed by atoms with Crippen LogP contribution in [0.2, 0.25) is 0 Å². The molecule has 0 N–H and O–H groups in total. The van der Waals surface area contributed by atoms with E-state index in [4.69, 9.17) is 4.74 Å². The van der Waals surface area contributed by atoms with E-state index in [-0.39, 0.29) is 0 Å². The average Bonchev–Trinajstić information content (AvgIpc) is 1.83. The number of nitrogens with zero attached hydrogens (tertiary/aromatic N) is 2. The topological polar surface area (TPSA) is 34.0 Å². The zero-order chi connectivity index (χ0) is 6.41. The van der Waals surface area contributed by atoms with E-state index in [0.29, 0.717) is 12.4 Å². The monoisotopic (exact) mass is 114 g/mol. The van der Waals surface area contributed by atoms with Gasteiger partial charge in [-0.15, -0.1) is 0 Å². The Hall–Kier alpha value is -0.700. The first-order chi connectivity index (χ1) is 3.85. The molecule has 0 aromatic carbocycles.